The van der Waals surface area contributed by atoms with Gasteiger partial charge in [-0.05, 0) is 42.2 Å². The summed E-state index contributed by atoms with van der Waals surface area (Å²) in [4.78, 5) is 22.9. The number of aliphatic carboxylic acids is 2. The van der Waals surface area contributed by atoms with Gasteiger partial charge in [0, 0.05) is 18.8 Å². The highest BCUT2D eigenvalue weighted by atomic mass is 16.4. The number of nitrogens with zero attached hydrogens (tertiary/aromatic N) is 3. The minimum Gasteiger partial charge on any atom is -0.480 e. The van der Waals surface area contributed by atoms with E-state index in [4.69, 9.17) is 0 Å². The van der Waals surface area contributed by atoms with Crippen LogP contribution in [0.3, 0.4) is 0 Å². The highest BCUT2D eigenvalue weighted by Gasteiger charge is 2.27. The van der Waals surface area contributed by atoms with Crippen LogP contribution in [0, 0.1) is 5.92 Å². The lowest BCUT2D eigenvalue weighted by molar-refractivity contribution is -0.142. The molecule has 2 aromatic carbocycles. The van der Waals surface area contributed by atoms with E-state index in [0.29, 0.717) is 12.1 Å². The van der Waals surface area contributed by atoms with Gasteiger partial charge in [0.2, 0.25) is 0 Å². The van der Waals surface area contributed by atoms with Crippen molar-refractivity contribution in [2.24, 2.45) is 5.92 Å². The highest BCUT2D eigenvalue weighted by Crippen LogP contribution is 2.14. The number of carboxylic acid groups (broad SMARTS) is 2. The normalized spacial score (nSPS) is 12.4. The van der Waals surface area contributed by atoms with E-state index in [1.165, 1.54) is 5.56 Å². The van der Waals surface area contributed by atoms with Crippen LogP contribution >= 0.6 is 0 Å². The molecule has 188 valence electrons. The van der Waals surface area contributed by atoms with Gasteiger partial charge in [-0.15, -0.1) is 0 Å². The van der Waals surface area contributed by atoms with Crippen LogP contribution in [-0.2, 0) is 16.0 Å². The third-order valence-corrected chi connectivity index (χ3v) is 5.37. The van der Waals surface area contributed by atoms with Crippen LogP contribution in [0.1, 0.15) is 26.0 Å². The number of hydrogen-bond donors (Lipinski definition) is 4. The third kappa shape index (κ3) is 7.92. The zero-order chi connectivity index (χ0) is 25.9. The molecule has 0 bridgehead atoms. The van der Waals surface area contributed by atoms with E-state index < -0.39 is 24.0 Å². The van der Waals surface area contributed by atoms with Crippen molar-refractivity contribution in [3.63, 3.8) is 0 Å². The maximum absolute atomic E-state index is 11.5. The molecule has 0 radical (unpaired) electrons. The maximum Gasteiger partial charge on any atom is 0.321 e. The second kappa shape index (κ2) is 13.0. The molecule has 9 heteroatoms. The molecular weight excluding hydrogens is 458 g/mol. The molecule has 0 saturated carbocycles. The molecule has 0 aliphatic rings. The summed E-state index contributed by atoms with van der Waals surface area (Å²) >= 11 is 0. The number of aromatic amines is 1. The first-order valence-corrected chi connectivity index (χ1v) is 11.7. The zero-order valence-electron chi connectivity index (χ0n) is 20.3. The van der Waals surface area contributed by atoms with Gasteiger partial charge in [-0.25, -0.2) is 4.68 Å². The van der Waals surface area contributed by atoms with Crippen molar-refractivity contribution in [3.05, 3.63) is 90.9 Å². The number of para-hydroxylation sites is 1. The standard InChI is InChI=1S/C18H23N3O4.C9H8N2/c1-12(2)10-15(17(22)23)19-16(18(24)25)11-13-8-9-21(20-13)14-6-4-3-5-7-14;1-2-4-8(5-3-1)9-6-7-10-11-9/h3-9,12,15-16,19H,10-11H2,1-2H3,(H,22,23)(H,24,25);1-7H,(H,10,11). The largest absolute Gasteiger partial charge is 0.480 e. The quantitative estimate of drug-likeness (QED) is 0.264. The Morgan fingerprint density at radius 3 is 2.11 bits per heavy atom. The summed E-state index contributed by atoms with van der Waals surface area (Å²) in [5.41, 5.74) is 3.69. The van der Waals surface area contributed by atoms with E-state index in [9.17, 15) is 19.8 Å². The van der Waals surface area contributed by atoms with Crippen LogP contribution in [-0.4, -0.2) is 54.2 Å². The summed E-state index contributed by atoms with van der Waals surface area (Å²) in [6.07, 6.45) is 3.98. The number of carboxylic acids is 2. The molecule has 2 heterocycles. The van der Waals surface area contributed by atoms with Crippen molar-refractivity contribution in [3.8, 4) is 16.9 Å². The number of benzene rings is 2. The van der Waals surface area contributed by atoms with Crippen LogP contribution in [0.15, 0.2) is 85.2 Å². The van der Waals surface area contributed by atoms with Gasteiger partial charge in [0.15, 0.2) is 0 Å². The van der Waals surface area contributed by atoms with Gasteiger partial charge in [-0.2, -0.15) is 10.2 Å². The molecule has 2 aromatic heterocycles. The summed E-state index contributed by atoms with van der Waals surface area (Å²) in [5.74, 6) is -2.00. The number of nitrogens with one attached hydrogen (secondary N) is 2. The van der Waals surface area contributed by atoms with E-state index in [-0.39, 0.29) is 12.3 Å². The predicted octanol–water partition coefficient (Wildman–Crippen LogP) is 4.03. The van der Waals surface area contributed by atoms with E-state index in [1.807, 2.05) is 80.6 Å². The molecule has 4 rings (SSSR count). The second-order valence-electron chi connectivity index (χ2n) is 8.71. The van der Waals surface area contributed by atoms with Crippen LogP contribution in [0.2, 0.25) is 0 Å². The fourth-order valence-corrected chi connectivity index (χ4v) is 3.61. The van der Waals surface area contributed by atoms with E-state index >= 15 is 0 Å². The van der Waals surface area contributed by atoms with Gasteiger partial charge in [-0.1, -0.05) is 62.4 Å². The minimum absolute atomic E-state index is 0.108. The maximum atomic E-state index is 11.5. The summed E-state index contributed by atoms with van der Waals surface area (Å²) in [7, 11) is 0. The summed E-state index contributed by atoms with van der Waals surface area (Å²) in [6.45, 7) is 3.80. The Balaban J connectivity index is 0.000000270. The molecule has 0 fully saturated rings. The summed E-state index contributed by atoms with van der Waals surface area (Å²) in [6, 6.07) is 21.4. The monoisotopic (exact) mass is 489 g/mol. The summed E-state index contributed by atoms with van der Waals surface area (Å²) in [5, 5.41) is 32.6. The second-order valence-corrected chi connectivity index (χ2v) is 8.71. The third-order valence-electron chi connectivity index (χ3n) is 5.37. The topological polar surface area (TPSA) is 133 Å². The molecule has 2 atom stereocenters. The first-order chi connectivity index (χ1) is 17.3. The first kappa shape index (κ1) is 26.4. The SMILES string of the molecule is CC(C)CC(NC(Cc1ccn(-c2ccccc2)n1)C(=O)O)C(=O)O.c1ccc(-c2ccn[nH]2)cc1. The average molecular weight is 490 g/mol. The van der Waals surface area contributed by atoms with Crippen molar-refractivity contribution in [2.75, 3.05) is 0 Å². The molecule has 36 heavy (non-hydrogen) atoms. The lowest BCUT2D eigenvalue weighted by Gasteiger charge is -2.21. The van der Waals surface area contributed by atoms with Gasteiger partial charge in [0.25, 0.3) is 0 Å². The number of rotatable bonds is 10. The fraction of sp³-hybridized carbons (Fsp3) is 0.259. The van der Waals surface area contributed by atoms with E-state index in [2.05, 4.69) is 20.6 Å². The van der Waals surface area contributed by atoms with Gasteiger partial charge < -0.3 is 10.2 Å². The van der Waals surface area contributed by atoms with Gasteiger partial charge in [-0.3, -0.25) is 20.0 Å². The van der Waals surface area contributed by atoms with E-state index in [0.717, 1.165) is 11.4 Å². The van der Waals surface area contributed by atoms with Crippen LogP contribution in [0.5, 0.6) is 0 Å². The minimum atomic E-state index is -1.09. The van der Waals surface area contributed by atoms with E-state index in [1.54, 1.807) is 23.1 Å². The molecule has 2 unspecified atom stereocenters. The van der Waals surface area contributed by atoms with Gasteiger partial charge in [0.05, 0.1) is 17.1 Å². The fourth-order valence-electron chi connectivity index (χ4n) is 3.61. The molecule has 9 nitrogen and oxygen atoms in total. The lowest BCUT2D eigenvalue weighted by atomic mass is 10.0. The number of H-pyrrole nitrogens is 1. The molecule has 4 aromatic rings. The van der Waals surface area contributed by atoms with Crippen molar-refractivity contribution in [2.45, 2.75) is 38.8 Å². The van der Waals surface area contributed by atoms with Crippen molar-refractivity contribution < 1.29 is 19.8 Å². The Morgan fingerprint density at radius 1 is 0.917 bits per heavy atom. The van der Waals surface area contributed by atoms with Crippen molar-refractivity contribution >= 4 is 11.9 Å². The molecule has 0 aliphatic carbocycles. The Labute approximate surface area is 209 Å². The summed E-state index contributed by atoms with van der Waals surface area (Å²) < 4.78 is 1.66. The molecule has 0 saturated heterocycles. The Morgan fingerprint density at radius 2 is 1.56 bits per heavy atom. The predicted molar refractivity (Wildman–Crippen MR) is 137 cm³/mol. The smallest absolute Gasteiger partial charge is 0.321 e. The molecule has 0 aliphatic heterocycles. The zero-order valence-corrected chi connectivity index (χ0v) is 20.3. The first-order valence-electron chi connectivity index (χ1n) is 11.7. The Hall–Kier alpha value is -4.24. The average Bonchev–Trinajstić information content (AvgIpc) is 3.57. The van der Waals surface area contributed by atoms with Crippen LogP contribution in [0.25, 0.3) is 16.9 Å². The molecule has 0 amide bonds. The lowest BCUT2D eigenvalue weighted by Crippen LogP contribution is -2.48. The number of aromatic nitrogens is 4. The van der Waals surface area contributed by atoms with Crippen LogP contribution < -0.4 is 5.32 Å². The highest BCUT2D eigenvalue weighted by molar-refractivity contribution is 5.77. The van der Waals surface area contributed by atoms with Crippen molar-refractivity contribution in [1.29, 1.82) is 0 Å². The van der Waals surface area contributed by atoms with Gasteiger partial charge >= 0.3 is 11.9 Å². The Bertz CT molecular complexity index is 1210. The number of carbonyl (C=O) groups is 2. The molecule has 4 N–H and O–H groups in total. The van der Waals surface area contributed by atoms with Crippen molar-refractivity contribution in [1.82, 2.24) is 25.3 Å². The number of hydrogen-bond acceptors (Lipinski definition) is 5. The Kier molecular flexibility index (Phi) is 9.53. The molecule has 0 spiro atoms. The van der Waals surface area contributed by atoms with Gasteiger partial charge in [0.1, 0.15) is 12.1 Å². The molecular formula is C27H31N5O4. The van der Waals surface area contributed by atoms with Crippen LogP contribution in [0.4, 0.5) is 0 Å².